The number of aromatic amines is 1. The van der Waals surface area contributed by atoms with Crippen LogP contribution in [0.2, 0.25) is 0 Å². The van der Waals surface area contributed by atoms with Gasteiger partial charge in [0.15, 0.2) is 0 Å². The van der Waals surface area contributed by atoms with E-state index in [0.29, 0.717) is 11.7 Å². The molecular formula is C18H18N4OS. The van der Waals surface area contributed by atoms with E-state index in [1.165, 1.54) is 11.3 Å². The first-order chi connectivity index (χ1) is 11.8. The fraction of sp³-hybridized carbons (Fsp3) is 0.222. The lowest BCUT2D eigenvalue weighted by molar-refractivity contribution is 0.103. The first-order valence-electron chi connectivity index (χ1n) is 8.04. The number of carbonyl (C=O) groups is 1. The van der Waals surface area contributed by atoms with Gasteiger partial charge >= 0.3 is 0 Å². The lowest BCUT2D eigenvalue weighted by atomic mass is 10.1. The van der Waals surface area contributed by atoms with E-state index in [2.05, 4.69) is 26.9 Å². The quantitative estimate of drug-likeness (QED) is 0.677. The van der Waals surface area contributed by atoms with Crippen LogP contribution in [-0.2, 0) is 0 Å². The Morgan fingerprint density at radius 2 is 2.08 bits per heavy atom. The number of nitrogens with zero attached hydrogens (tertiary/aromatic N) is 1. The fourth-order valence-electron chi connectivity index (χ4n) is 2.98. The summed E-state index contributed by atoms with van der Waals surface area (Å²) in [6.07, 6.45) is 3.98. The molecule has 5 nitrogen and oxygen atoms in total. The first-order valence-corrected chi connectivity index (χ1v) is 8.86. The third-order valence-electron chi connectivity index (χ3n) is 4.20. The zero-order chi connectivity index (χ0) is 16.4. The normalized spacial score (nSPS) is 17.1. The molecule has 1 amide bonds. The summed E-state index contributed by atoms with van der Waals surface area (Å²) in [5.74, 6) is -0.0946. The van der Waals surface area contributed by atoms with Crippen LogP contribution in [-0.4, -0.2) is 22.6 Å². The molecule has 1 unspecified atom stereocenters. The Bertz CT molecular complexity index is 834. The molecule has 3 heterocycles. The minimum absolute atomic E-state index is 0.0946. The van der Waals surface area contributed by atoms with Gasteiger partial charge in [0.05, 0.1) is 22.5 Å². The molecule has 1 aromatic carbocycles. The Hall–Kier alpha value is -2.44. The smallest absolute Gasteiger partial charge is 0.265 e. The zero-order valence-electron chi connectivity index (χ0n) is 13.1. The standard InChI is InChI=1S/C18H18N4OS/c23-18(16-9-8-15(24-16)13-7-4-10-19-13)21-14-11-20-22-17(14)12-5-2-1-3-6-12/h1-3,5-6,8-9,11,13,19H,4,7,10H2,(H,20,22)(H,21,23). The van der Waals surface area contributed by atoms with E-state index in [9.17, 15) is 4.79 Å². The predicted molar refractivity (Wildman–Crippen MR) is 96.3 cm³/mol. The molecule has 1 fully saturated rings. The van der Waals surface area contributed by atoms with Crippen LogP contribution in [0, 0.1) is 0 Å². The number of benzene rings is 1. The summed E-state index contributed by atoms with van der Waals surface area (Å²) in [5.41, 5.74) is 2.51. The molecule has 0 spiro atoms. The summed E-state index contributed by atoms with van der Waals surface area (Å²) < 4.78 is 0. The molecular weight excluding hydrogens is 320 g/mol. The number of carbonyl (C=O) groups excluding carboxylic acids is 1. The minimum Gasteiger partial charge on any atom is -0.318 e. The van der Waals surface area contributed by atoms with Crippen LogP contribution in [0.1, 0.15) is 33.4 Å². The number of hydrogen-bond acceptors (Lipinski definition) is 4. The molecule has 122 valence electrons. The zero-order valence-corrected chi connectivity index (χ0v) is 13.9. The van der Waals surface area contributed by atoms with Gasteiger partial charge in [0.1, 0.15) is 0 Å². The number of amides is 1. The highest BCUT2D eigenvalue weighted by Crippen LogP contribution is 2.30. The third-order valence-corrected chi connectivity index (χ3v) is 5.40. The molecule has 0 aliphatic carbocycles. The number of thiophene rings is 1. The van der Waals surface area contributed by atoms with Gasteiger partial charge in [-0.3, -0.25) is 9.89 Å². The van der Waals surface area contributed by atoms with Crippen LogP contribution in [0.3, 0.4) is 0 Å². The van der Waals surface area contributed by atoms with Crippen molar-refractivity contribution in [1.82, 2.24) is 15.5 Å². The van der Waals surface area contributed by atoms with Crippen LogP contribution >= 0.6 is 11.3 Å². The van der Waals surface area contributed by atoms with Crippen LogP contribution in [0.15, 0.2) is 48.7 Å². The maximum absolute atomic E-state index is 12.6. The second kappa shape index (κ2) is 6.59. The fourth-order valence-corrected chi connectivity index (χ4v) is 3.99. The van der Waals surface area contributed by atoms with Crippen LogP contribution in [0.5, 0.6) is 0 Å². The van der Waals surface area contributed by atoms with Gasteiger partial charge < -0.3 is 10.6 Å². The predicted octanol–water partition coefficient (Wildman–Crippen LogP) is 3.82. The van der Waals surface area contributed by atoms with Crippen molar-refractivity contribution >= 4 is 22.9 Å². The van der Waals surface area contributed by atoms with Crippen molar-refractivity contribution in [1.29, 1.82) is 0 Å². The third kappa shape index (κ3) is 2.98. The number of rotatable bonds is 4. The number of hydrogen-bond donors (Lipinski definition) is 3. The first kappa shape index (κ1) is 15.1. The van der Waals surface area contributed by atoms with Crippen molar-refractivity contribution in [2.75, 3.05) is 11.9 Å². The summed E-state index contributed by atoms with van der Waals surface area (Å²) in [7, 11) is 0. The summed E-state index contributed by atoms with van der Waals surface area (Å²) in [5, 5.41) is 13.5. The van der Waals surface area contributed by atoms with Gasteiger partial charge in [0, 0.05) is 16.5 Å². The van der Waals surface area contributed by atoms with Crippen molar-refractivity contribution in [2.24, 2.45) is 0 Å². The summed E-state index contributed by atoms with van der Waals surface area (Å²) in [6.45, 7) is 1.06. The van der Waals surface area contributed by atoms with Gasteiger partial charge in [-0.05, 0) is 31.5 Å². The summed E-state index contributed by atoms with van der Waals surface area (Å²) >= 11 is 1.56. The summed E-state index contributed by atoms with van der Waals surface area (Å²) in [4.78, 5) is 14.5. The van der Waals surface area contributed by atoms with Gasteiger partial charge in [-0.2, -0.15) is 5.10 Å². The Labute approximate surface area is 144 Å². The molecule has 0 bridgehead atoms. The second-order valence-electron chi connectivity index (χ2n) is 5.83. The molecule has 1 aliphatic rings. The van der Waals surface area contributed by atoms with Crippen LogP contribution in [0.4, 0.5) is 5.69 Å². The highest BCUT2D eigenvalue weighted by Gasteiger charge is 2.20. The lowest BCUT2D eigenvalue weighted by Crippen LogP contribution is -2.11. The average molecular weight is 338 g/mol. The highest BCUT2D eigenvalue weighted by molar-refractivity contribution is 7.14. The van der Waals surface area contributed by atoms with E-state index in [1.54, 1.807) is 17.5 Å². The Balaban J connectivity index is 1.52. The van der Waals surface area contributed by atoms with E-state index in [-0.39, 0.29) is 5.91 Å². The van der Waals surface area contributed by atoms with Crippen molar-refractivity contribution in [3.05, 3.63) is 58.4 Å². The summed E-state index contributed by atoms with van der Waals surface area (Å²) in [6, 6.07) is 14.2. The number of anilines is 1. The van der Waals surface area contributed by atoms with Gasteiger partial charge in [0.25, 0.3) is 5.91 Å². The number of aromatic nitrogens is 2. The molecule has 0 saturated carbocycles. The van der Waals surface area contributed by atoms with Crippen LogP contribution in [0.25, 0.3) is 11.3 Å². The molecule has 1 atom stereocenters. The number of H-pyrrole nitrogens is 1. The monoisotopic (exact) mass is 338 g/mol. The molecule has 3 N–H and O–H groups in total. The Morgan fingerprint density at radius 3 is 2.88 bits per heavy atom. The van der Waals surface area contributed by atoms with Gasteiger partial charge in [-0.25, -0.2) is 0 Å². The second-order valence-corrected chi connectivity index (χ2v) is 6.95. The van der Waals surface area contributed by atoms with E-state index >= 15 is 0 Å². The van der Waals surface area contributed by atoms with E-state index < -0.39 is 0 Å². The SMILES string of the molecule is O=C(Nc1cn[nH]c1-c1ccccc1)c1ccc(C2CCCN2)s1. The van der Waals surface area contributed by atoms with Gasteiger partial charge in [-0.1, -0.05) is 30.3 Å². The van der Waals surface area contributed by atoms with E-state index in [4.69, 9.17) is 0 Å². The van der Waals surface area contributed by atoms with Crippen molar-refractivity contribution in [3.8, 4) is 11.3 Å². The van der Waals surface area contributed by atoms with Crippen LogP contribution < -0.4 is 10.6 Å². The molecule has 2 aromatic heterocycles. The molecule has 6 heteroatoms. The highest BCUT2D eigenvalue weighted by atomic mass is 32.1. The van der Waals surface area contributed by atoms with Crippen molar-refractivity contribution in [2.45, 2.75) is 18.9 Å². The molecule has 3 aromatic rings. The Kier molecular flexibility index (Phi) is 4.15. The lowest BCUT2D eigenvalue weighted by Gasteiger charge is -2.06. The maximum atomic E-state index is 12.6. The van der Waals surface area contributed by atoms with Gasteiger partial charge in [-0.15, -0.1) is 11.3 Å². The minimum atomic E-state index is -0.0946. The van der Waals surface area contributed by atoms with E-state index in [0.717, 1.165) is 29.1 Å². The topological polar surface area (TPSA) is 69.8 Å². The number of nitrogens with one attached hydrogen (secondary N) is 3. The molecule has 1 saturated heterocycles. The molecule has 0 radical (unpaired) electrons. The van der Waals surface area contributed by atoms with Crippen molar-refractivity contribution in [3.63, 3.8) is 0 Å². The van der Waals surface area contributed by atoms with Crippen molar-refractivity contribution < 1.29 is 4.79 Å². The molecule has 4 rings (SSSR count). The molecule has 1 aliphatic heterocycles. The van der Waals surface area contributed by atoms with E-state index in [1.807, 2.05) is 36.4 Å². The average Bonchev–Trinajstić information content (AvgIpc) is 3.36. The van der Waals surface area contributed by atoms with Gasteiger partial charge in [0.2, 0.25) is 0 Å². The maximum Gasteiger partial charge on any atom is 0.265 e. The Morgan fingerprint density at radius 1 is 1.21 bits per heavy atom. The molecule has 24 heavy (non-hydrogen) atoms. The largest absolute Gasteiger partial charge is 0.318 e.